The first-order valence-corrected chi connectivity index (χ1v) is 39.8. The van der Waals surface area contributed by atoms with Crippen molar-refractivity contribution >= 4 is 174 Å². The van der Waals surface area contributed by atoms with Crippen LogP contribution in [-0.2, 0) is 0 Å². The van der Waals surface area contributed by atoms with E-state index in [0.717, 1.165) is 148 Å². The first-order valence-electron chi connectivity index (χ1n) is 39.0. The number of nitriles is 1. The minimum absolute atomic E-state index is 0.469. The molecule has 11 heteroatoms. The topological polar surface area (TPSA) is 108 Å². The van der Waals surface area contributed by atoms with Crippen molar-refractivity contribution in [2.75, 3.05) is 0 Å². The van der Waals surface area contributed by atoms with E-state index in [1.54, 1.807) is 11.3 Å². The van der Waals surface area contributed by atoms with Gasteiger partial charge in [0, 0.05) is 97.6 Å². The van der Waals surface area contributed by atoms with Crippen molar-refractivity contribution < 1.29 is 4.42 Å². The van der Waals surface area contributed by atoms with Gasteiger partial charge in [-0.05, 0) is 166 Å². The molecular formula is C105H61N9OS. The van der Waals surface area contributed by atoms with Crippen LogP contribution in [-0.4, -0.2) is 38.2 Å². The average molecular weight is 1500 g/mol. The average Bonchev–Trinajstić information content (AvgIpc) is 1.57. The molecule has 0 aliphatic carbocycles. The third kappa shape index (κ3) is 10.0. The molecule has 0 aliphatic heterocycles. The van der Waals surface area contributed by atoms with E-state index in [9.17, 15) is 5.26 Å². The van der Waals surface area contributed by atoms with Crippen LogP contribution in [0.1, 0.15) is 5.56 Å². The second-order valence-electron chi connectivity index (χ2n) is 29.8. The Morgan fingerprint density at radius 1 is 0.267 bits per heavy atom. The molecule has 25 aromatic rings. The number of hydrogen-bond donors (Lipinski definition) is 0. The lowest BCUT2D eigenvalue weighted by atomic mass is 9.96. The molecule has 0 fully saturated rings. The van der Waals surface area contributed by atoms with Gasteiger partial charge in [-0.25, -0.2) is 19.9 Å². The van der Waals surface area contributed by atoms with Crippen molar-refractivity contribution in [1.29, 1.82) is 5.26 Å². The molecule has 0 amide bonds. The summed E-state index contributed by atoms with van der Waals surface area (Å²) in [4.78, 5) is 22.7. The monoisotopic (exact) mass is 1500 g/mol. The van der Waals surface area contributed by atoms with E-state index in [0.29, 0.717) is 28.2 Å². The first-order chi connectivity index (χ1) is 57.5. The lowest BCUT2D eigenvalue weighted by molar-refractivity contribution is 0.653. The second-order valence-corrected chi connectivity index (χ2v) is 30.9. The number of aromatic nitrogens is 8. The molecule has 0 unspecified atom stereocenters. The zero-order valence-corrected chi connectivity index (χ0v) is 62.9. The summed E-state index contributed by atoms with van der Waals surface area (Å²) in [7, 11) is 0. The van der Waals surface area contributed by atoms with Crippen LogP contribution in [0.2, 0.25) is 0 Å². The number of benzene rings is 17. The standard InChI is InChI=1S/C54H32N4S.C51H29N5O/c1-2-16-36(17-3-1)57-45-23-11-8-20-39(45)43-31-35(26-28-48(43)57)51-52(55-53-42-22-10-13-25-50(42)59-54(53)56-51)41-27-29-47(38-19-7-6-18-37(38)41)58-46-24-12-9-21-40(46)44-30-33-14-4-5-15-34(33)32-49(44)58;52-30-35-26-33(22-24-42(35)56-44-20-10-7-17-38(44)41-27-31-12-4-5-13-32(31)29-46(41)56)48-49(54-51-50(53-48)39-18-8-11-21-47(39)57-51)34-23-25-45-40(28-34)37-16-6-9-19-43(37)55(45)36-14-2-1-3-15-36/h1-32H;1-29H. The minimum atomic E-state index is 0.469. The lowest BCUT2D eigenvalue weighted by Crippen LogP contribution is -2.00. The van der Waals surface area contributed by atoms with Crippen molar-refractivity contribution in [3.05, 3.63) is 376 Å². The Morgan fingerprint density at radius 2 is 0.672 bits per heavy atom. The molecule has 0 saturated heterocycles. The molecule has 10 nitrogen and oxygen atoms in total. The second kappa shape index (κ2) is 25.7. The highest BCUT2D eigenvalue weighted by molar-refractivity contribution is 7.25. The maximum atomic E-state index is 10.9. The predicted octanol–water partition coefficient (Wildman–Crippen LogP) is 27.6. The van der Waals surface area contributed by atoms with Crippen LogP contribution in [0.4, 0.5) is 0 Å². The van der Waals surface area contributed by atoms with Crippen LogP contribution in [0.15, 0.2) is 374 Å². The summed E-state index contributed by atoms with van der Waals surface area (Å²) in [5.74, 6) is 0. The van der Waals surface area contributed by atoms with Crippen molar-refractivity contribution in [2.45, 2.75) is 0 Å². The van der Waals surface area contributed by atoms with Gasteiger partial charge < -0.3 is 22.7 Å². The number of para-hydroxylation sites is 7. The van der Waals surface area contributed by atoms with Crippen LogP contribution in [0, 0.1) is 11.3 Å². The molecule has 0 N–H and O–H groups in total. The molecule has 0 spiro atoms. The maximum Gasteiger partial charge on any atom is 0.246 e. The number of fused-ring (bicyclic) bond motifs is 21. The van der Waals surface area contributed by atoms with Crippen molar-refractivity contribution in [3.63, 3.8) is 0 Å². The van der Waals surface area contributed by atoms with Gasteiger partial charge in [0.15, 0.2) is 0 Å². The number of thiophene rings is 1. The molecule has 8 aromatic heterocycles. The van der Waals surface area contributed by atoms with Crippen LogP contribution < -0.4 is 0 Å². The van der Waals surface area contributed by atoms with Gasteiger partial charge >= 0.3 is 0 Å². The summed E-state index contributed by atoms with van der Waals surface area (Å²) in [5.41, 5.74) is 23.5. The van der Waals surface area contributed by atoms with Gasteiger partial charge in [-0.2, -0.15) is 5.26 Å². The van der Waals surface area contributed by atoms with Gasteiger partial charge in [-0.15, -0.1) is 11.3 Å². The van der Waals surface area contributed by atoms with Crippen LogP contribution in [0.25, 0.3) is 230 Å². The Hall–Kier alpha value is -15.6. The summed E-state index contributed by atoms with van der Waals surface area (Å²) in [5, 5.41) is 29.4. The molecule has 0 saturated carbocycles. The van der Waals surface area contributed by atoms with Gasteiger partial charge in [0.1, 0.15) is 33.2 Å². The largest absolute Gasteiger partial charge is 0.436 e. The molecule has 0 radical (unpaired) electrons. The molecule has 17 aromatic carbocycles. The van der Waals surface area contributed by atoms with E-state index in [-0.39, 0.29) is 0 Å². The summed E-state index contributed by atoms with van der Waals surface area (Å²) >= 11 is 1.71. The quantitative estimate of drug-likeness (QED) is 0.150. The fourth-order valence-electron chi connectivity index (χ4n) is 18.3. The van der Waals surface area contributed by atoms with Gasteiger partial charge in [0.05, 0.1) is 78.2 Å². The molecule has 116 heavy (non-hydrogen) atoms. The highest BCUT2D eigenvalue weighted by Gasteiger charge is 2.27. The van der Waals surface area contributed by atoms with Crippen molar-refractivity contribution in [1.82, 2.24) is 38.2 Å². The summed E-state index contributed by atoms with van der Waals surface area (Å²) < 4.78 is 16.8. The molecule has 0 bridgehead atoms. The minimum Gasteiger partial charge on any atom is -0.436 e. The summed E-state index contributed by atoms with van der Waals surface area (Å²) in [6, 6.07) is 133. The molecule has 0 aliphatic rings. The van der Waals surface area contributed by atoms with E-state index < -0.39 is 0 Å². The molecular weight excluding hydrogens is 1440 g/mol. The lowest BCUT2D eigenvalue weighted by Gasteiger charge is -2.16. The van der Waals surface area contributed by atoms with E-state index >= 15 is 0 Å². The van der Waals surface area contributed by atoms with E-state index in [4.69, 9.17) is 24.4 Å². The van der Waals surface area contributed by atoms with E-state index in [2.05, 4.69) is 358 Å². The molecule has 25 rings (SSSR count). The number of nitrogens with zero attached hydrogens (tertiary/aromatic N) is 9. The smallest absolute Gasteiger partial charge is 0.246 e. The van der Waals surface area contributed by atoms with Crippen molar-refractivity contribution in [3.8, 4) is 73.8 Å². The molecule has 538 valence electrons. The highest BCUT2D eigenvalue weighted by Crippen LogP contribution is 2.47. The van der Waals surface area contributed by atoms with Crippen molar-refractivity contribution in [2.24, 2.45) is 0 Å². The number of furan rings is 1. The Balaban J connectivity index is 0.000000133. The Morgan fingerprint density at radius 3 is 1.24 bits per heavy atom. The number of hydrogen-bond acceptors (Lipinski definition) is 7. The van der Waals surface area contributed by atoms with E-state index in [1.165, 1.54) is 59.0 Å². The number of rotatable bonds is 8. The third-order valence-corrected chi connectivity index (χ3v) is 24.5. The van der Waals surface area contributed by atoms with Crippen LogP contribution in [0.3, 0.4) is 0 Å². The Kier molecular flexibility index (Phi) is 14.4. The van der Waals surface area contributed by atoms with Gasteiger partial charge in [0.25, 0.3) is 0 Å². The van der Waals surface area contributed by atoms with Crippen LogP contribution >= 0.6 is 11.3 Å². The van der Waals surface area contributed by atoms with E-state index in [1.807, 2.05) is 36.4 Å². The summed E-state index contributed by atoms with van der Waals surface area (Å²) in [6.07, 6.45) is 0. The zero-order valence-electron chi connectivity index (χ0n) is 62.1. The molecule has 0 atom stereocenters. The first kappa shape index (κ1) is 65.1. The SMILES string of the molecule is N#Cc1cc(-c2nc3c(nc2-c2ccc4c(c2)c2ccccc2n4-c2ccccc2)oc2ccccc23)ccc1-n1c2ccccc2c2cc3ccccc3cc21.c1ccc(-n2c3ccccc3c3cc(-c4nc5sc6ccccc6c5nc4-c4ccc(-n5c6ccccc6c6cc7ccccc7cc65)c5ccccc45)ccc32)cc1. The molecule has 8 heterocycles. The Labute approximate surface area is 666 Å². The third-order valence-electron chi connectivity index (χ3n) is 23.5. The normalized spacial score (nSPS) is 12.0. The van der Waals surface area contributed by atoms with Gasteiger partial charge in [0.2, 0.25) is 5.71 Å². The van der Waals surface area contributed by atoms with Crippen LogP contribution in [0.5, 0.6) is 0 Å². The summed E-state index contributed by atoms with van der Waals surface area (Å²) in [6.45, 7) is 0. The maximum absolute atomic E-state index is 10.9. The highest BCUT2D eigenvalue weighted by atomic mass is 32.1. The fraction of sp³-hybridized carbons (Fsp3) is 0. The van der Waals surface area contributed by atoms with Gasteiger partial charge in [-0.3, -0.25) is 0 Å². The van der Waals surface area contributed by atoms with Gasteiger partial charge in [-0.1, -0.05) is 231 Å². The zero-order chi connectivity index (χ0) is 76.2. The Bertz CT molecular complexity index is 8510. The fourth-order valence-corrected chi connectivity index (χ4v) is 19.3. The predicted molar refractivity (Wildman–Crippen MR) is 481 cm³/mol.